The molecular formula is C5H3F3IN. The van der Waals surface area contributed by atoms with Gasteiger partial charge in [-0.2, -0.15) is 13.2 Å². The SMILES string of the molecule is FC(F)(F)c1[nH]ccc1I. The molecule has 5 heteroatoms. The first-order valence-corrected chi connectivity index (χ1v) is 3.50. The summed E-state index contributed by atoms with van der Waals surface area (Å²) in [4.78, 5) is 2.11. The standard InChI is InChI=1S/C5H3F3IN/c6-5(7,8)4-3(9)1-2-10-4/h1-2,10H. The molecule has 0 aromatic carbocycles. The number of halogens is 4. The van der Waals surface area contributed by atoms with Crippen LogP contribution in [0.4, 0.5) is 13.2 Å². The van der Waals surface area contributed by atoms with Crippen molar-refractivity contribution < 1.29 is 13.2 Å². The average molecular weight is 261 g/mol. The number of H-pyrrole nitrogens is 1. The molecule has 0 aliphatic carbocycles. The topological polar surface area (TPSA) is 15.8 Å². The molecule has 0 saturated heterocycles. The zero-order valence-corrected chi connectivity index (χ0v) is 6.82. The predicted molar refractivity (Wildman–Crippen MR) is 38.5 cm³/mol. The molecule has 1 aromatic rings. The summed E-state index contributed by atoms with van der Waals surface area (Å²) >= 11 is 1.63. The van der Waals surface area contributed by atoms with Crippen molar-refractivity contribution in [1.29, 1.82) is 0 Å². The molecule has 1 heterocycles. The summed E-state index contributed by atoms with van der Waals surface area (Å²) in [6.07, 6.45) is -2.98. The summed E-state index contributed by atoms with van der Waals surface area (Å²) in [5, 5.41) is 0. The van der Waals surface area contributed by atoms with Gasteiger partial charge in [0.2, 0.25) is 0 Å². The lowest BCUT2D eigenvalue weighted by Gasteiger charge is -2.02. The molecule has 1 aromatic heterocycles. The van der Waals surface area contributed by atoms with Gasteiger partial charge in [0.05, 0.1) is 0 Å². The third kappa shape index (κ3) is 1.44. The van der Waals surface area contributed by atoms with Gasteiger partial charge in [0.1, 0.15) is 5.69 Å². The van der Waals surface area contributed by atoms with E-state index in [1.54, 1.807) is 22.6 Å². The second-order valence-corrected chi connectivity index (χ2v) is 2.86. The van der Waals surface area contributed by atoms with Crippen LogP contribution in [-0.4, -0.2) is 4.98 Å². The molecule has 0 aliphatic heterocycles. The highest BCUT2D eigenvalue weighted by Crippen LogP contribution is 2.30. The molecule has 1 rings (SSSR count). The summed E-state index contributed by atoms with van der Waals surface area (Å²) in [7, 11) is 0. The van der Waals surface area contributed by atoms with Crippen molar-refractivity contribution in [2.24, 2.45) is 0 Å². The fourth-order valence-corrected chi connectivity index (χ4v) is 1.21. The number of aromatic amines is 1. The highest BCUT2D eigenvalue weighted by atomic mass is 127. The van der Waals surface area contributed by atoms with Crippen LogP contribution in [0.5, 0.6) is 0 Å². The quantitative estimate of drug-likeness (QED) is 0.691. The van der Waals surface area contributed by atoms with Gasteiger partial charge in [-0.25, -0.2) is 0 Å². The monoisotopic (exact) mass is 261 g/mol. The van der Waals surface area contributed by atoms with E-state index in [-0.39, 0.29) is 3.57 Å². The highest BCUT2D eigenvalue weighted by Gasteiger charge is 2.33. The van der Waals surface area contributed by atoms with E-state index in [0.717, 1.165) is 0 Å². The average Bonchev–Trinajstić information content (AvgIpc) is 2.11. The molecule has 1 nitrogen and oxygen atoms in total. The van der Waals surface area contributed by atoms with Crippen LogP contribution >= 0.6 is 22.6 Å². The van der Waals surface area contributed by atoms with E-state index in [4.69, 9.17) is 0 Å². The summed E-state index contributed by atoms with van der Waals surface area (Å²) in [6.45, 7) is 0. The molecule has 0 spiro atoms. The predicted octanol–water partition coefficient (Wildman–Crippen LogP) is 2.64. The van der Waals surface area contributed by atoms with Gasteiger partial charge >= 0.3 is 6.18 Å². The molecular weight excluding hydrogens is 258 g/mol. The van der Waals surface area contributed by atoms with E-state index < -0.39 is 11.9 Å². The molecule has 0 unspecified atom stereocenters. The van der Waals surface area contributed by atoms with E-state index >= 15 is 0 Å². The zero-order chi connectivity index (χ0) is 7.78. The Bertz CT molecular complexity index is 227. The zero-order valence-electron chi connectivity index (χ0n) is 4.67. The minimum Gasteiger partial charge on any atom is -0.357 e. The number of alkyl halides is 3. The molecule has 0 atom stereocenters. The lowest BCUT2D eigenvalue weighted by atomic mass is 10.4. The number of hydrogen-bond donors (Lipinski definition) is 1. The maximum Gasteiger partial charge on any atom is 0.432 e. The Morgan fingerprint density at radius 3 is 2.20 bits per heavy atom. The van der Waals surface area contributed by atoms with Crippen molar-refractivity contribution in [3.8, 4) is 0 Å². The number of aromatic nitrogens is 1. The Kier molecular flexibility index (Phi) is 1.93. The van der Waals surface area contributed by atoms with Crippen LogP contribution in [0.15, 0.2) is 12.3 Å². The van der Waals surface area contributed by atoms with Gasteiger partial charge in [-0.15, -0.1) is 0 Å². The van der Waals surface area contributed by atoms with Crippen molar-refractivity contribution in [2.75, 3.05) is 0 Å². The first-order valence-electron chi connectivity index (χ1n) is 2.42. The molecule has 1 N–H and O–H groups in total. The van der Waals surface area contributed by atoms with E-state index in [1.165, 1.54) is 12.3 Å². The van der Waals surface area contributed by atoms with Gasteiger partial charge < -0.3 is 4.98 Å². The van der Waals surface area contributed by atoms with Crippen LogP contribution in [0.1, 0.15) is 5.69 Å². The Morgan fingerprint density at radius 2 is 2.00 bits per heavy atom. The molecule has 0 saturated carbocycles. The smallest absolute Gasteiger partial charge is 0.357 e. The minimum atomic E-state index is -4.25. The van der Waals surface area contributed by atoms with Crippen LogP contribution in [0.2, 0.25) is 0 Å². The highest BCUT2D eigenvalue weighted by molar-refractivity contribution is 14.1. The van der Waals surface area contributed by atoms with E-state index in [1.807, 2.05) is 0 Å². The van der Waals surface area contributed by atoms with Crippen LogP contribution in [0.25, 0.3) is 0 Å². The molecule has 0 radical (unpaired) electrons. The van der Waals surface area contributed by atoms with Crippen molar-refractivity contribution in [2.45, 2.75) is 6.18 Å². The van der Waals surface area contributed by atoms with Gasteiger partial charge in [-0.3, -0.25) is 0 Å². The normalized spacial score (nSPS) is 12.0. The van der Waals surface area contributed by atoms with Crippen LogP contribution in [0, 0.1) is 3.57 Å². The van der Waals surface area contributed by atoms with Crippen molar-refractivity contribution in [3.63, 3.8) is 0 Å². The largest absolute Gasteiger partial charge is 0.432 e. The van der Waals surface area contributed by atoms with Crippen molar-refractivity contribution in [1.82, 2.24) is 4.98 Å². The van der Waals surface area contributed by atoms with Gasteiger partial charge in [0, 0.05) is 9.77 Å². The second kappa shape index (κ2) is 2.44. The Morgan fingerprint density at radius 1 is 1.40 bits per heavy atom. The van der Waals surface area contributed by atoms with Crippen molar-refractivity contribution >= 4 is 22.6 Å². The molecule has 56 valence electrons. The Hall–Kier alpha value is -0.200. The molecule has 0 fully saturated rings. The maximum atomic E-state index is 11.8. The third-order valence-electron chi connectivity index (χ3n) is 0.980. The van der Waals surface area contributed by atoms with Gasteiger partial charge in [-0.05, 0) is 28.7 Å². The third-order valence-corrected chi connectivity index (χ3v) is 1.88. The summed E-state index contributed by atoms with van der Waals surface area (Å²) in [5.74, 6) is 0. The second-order valence-electron chi connectivity index (χ2n) is 1.70. The Labute approximate surface area is 68.8 Å². The van der Waals surface area contributed by atoms with Gasteiger partial charge in [0.15, 0.2) is 0 Å². The van der Waals surface area contributed by atoms with E-state index in [0.29, 0.717) is 0 Å². The summed E-state index contributed by atoms with van der Waals surface area (Å²) < 4.78 is 35.7. The fraction of sp³-hybridized carbons (Fsp3) is 0.200. The van der Waals surface area contributed by atoms with E-state index in [2.05, 4.69) is 4.98 Å². The molecule has 0 amide bonds. The molecule has 0 bridgehead atoms. The first kappa shape index (κ1) is 7.90. The van der Waals surface area contributed by atoms with Crippen LogP contribution in [0.3, 0.4) is 0 Å². The van der Waals surface area contributed by atoms with Gasteiger partial charge in [0.25, 0.3) is 0 Å². The number of hydrogen-bond acceptors (Lipinski definition) is 0. The molecule has 10 heavy (non-hydrogen) atoms. The van der Waals surface area contributed by atoms with Crippen LogP contribution < -0.4 is 0 Å². The summed E-state index contributed by atoms with van der Waals surface area (Å²) in [6, 6.07) is 1.38. The first-order chi connectivity index (χ1) is 4.52. The fourth-order valence-electron chi connectivity index (χ4n) is 0.568. The van der Waals surface area contributed by atoms with E-state index in [9.17, 15) is 13.2 Å². The maximum absolute atomic E-state index is 11.8. The Balaban J connectivity index is 3.05. The number of nitrogens with one attached hydrogen (secondary N) is 1. The summed E-state index contributed by atoms with van der Waals surface area (Å²) in [5.41, 5.74) is -0.673. The van der Waals surface area contributed by atoms with Crippen molar-refractivity contribution in [3.05, 3.63) is 21.5 Å². The van der Waals surface area contributed by atoms with Gasteiger partial charge in [-0.1, -0.05) is 0 Å². The lowest BCUT2D eigenvalue weighted by Crippen LogP contribution is -2.06. The van der Waals surface area contributed by atoms with Crippen LogP contribution in [-0.2, 0) is 6.18 Å². The molecule has 0 aliphatic rings. The number of rotatable bonds is 0. The lowest BCUT2D eigenvalue weighted by molar-refractivity contribution is -0.141. The minimum absolute atomic E-state index is 0.199.